The third-order valence-electron chi connectivity index (χ3n) is 3.44. The Morgan fingerprint density at radius 1 is 0.920 bits per heavy atom. The van der Waals surface area contributed by atoms with Crippen LogP contribution >= 0.6 is 27.3 Å². The number of nitrogens with zero attached hydrogens (tertiary/aromatic N) is 5. The van der Waals surface area contributed by atoms with Crippen molar-refractivity contribution >= 4 is 27.3 Å². The highest BCUT2D eigenvalue weighted by Gasteiger charge is 2.05. The molecule has 4 rings (SSSR count). The summed E-state index contributed by atoms with van der Waals surface area (Å²) in [6.45, 7) is 4.08. The van der Waals surface area contributed by atoms with E-state index in [0.717, 1.165) is 20.9 Å². The molecule has 0 N–H and O–H groups in total. The predicted molar refractivity (Wildman–Crippen MR) is 104 cm³/mol. The smallest absolute Gasteiger partial charge is 0.205 e. The highest BCUT2D eigenvalue weighted by atomic mass is 79.9. The van der Waals surface area contributed by atoms with E-state index in [9.17, 15) is 0 Å². The van der Waals surface area contributed by atoms with Crippen LogP contribution in [0.5, 0.6) is 0 Å². The maximum Gasteiger partial charge on any atom is 0.205 e. The van der Waals surface area contributed by atoms with Crippen LogP contribution in [0.1, 0.15) is 10.6 Å². The second-order valence-corrected chi connectivity index (χ2v) is 7.69. The third-order valence-corrected chi connectivity index (χ3v) is 4.96. The molecule has 0 atom stereocenters. The van der Waals surface area contributed by atoms with E-state index in [1.54, 1.807) is 11.3 Å². The van der Waals surface area contributed by atoms with Crippen LogP contribution in [0.15, 0.2) is 64.6 Å². The minimum absolute atomic E-state index is 0.634. The lowest BCUT2D eigenvalue weighted by molar-refractivity contribution is 0.720. The number of hydrogen-bond donors (Lipinski definition) is 0. The second-order valence-electron chi connectivity index (χ2n) is 5.21. The van der Waals surface area contributed by atoms with Gasteiger partial charge in [-0.05, 0) is 47.1 Å². The summed E-state index contributed by atoms with van der Waals surface area (Å²) in [5, 5.41) is 12.4. The normalized spacial score (nSPS) is 10.2. The number of para-hydroxylation sites is 1. The molecule has 0 spiro atoms. The summed E-state index contributed by atoms with van der Waals surface area (Å²) in [6.07, 6.45) is 0. The maximum absolute atomic E-state index is 4.35. The van der Waals surface area contributed by atoms with Crippen LogP contribution < -0.4 is 0 Å². The van der Waals surface area contributed by atoms with E-state index in [0.29, 0.717) is 5.82 Å². The average Bonchev–Trinajstić information content (AvgIpc) is 3.24. The van der Waals surface area contributed by atoms with Gasteiger partial charge in [0.15, 0.2) is 3.92 Å². The van der Waals surface area contributed by atoms with Gasteiger partial charge in [-0.2, -0.15) is 0 Å². The zero-order valence-electron chi connectivity index (χ0n) is 13.8. The van der Waals surface area contributed by atoms with Crippen molar-refractivity contribution in [2.45, 2.75) is 13.8 Å². The summed E-state index contributed by atoms with van der Waals surface area (Å²) < 4.78 is 0.979. The van der Waals surface area contributed by atoms with Gasteiger partial charge in [-0.15, -0.1) is 26.3 Å². The number of benzene rings is 2. The van der Waals surface area contributed by atoms with Crippen LogP contribution in [-0.4, -0.2) is 25.2 Å². The lowest BCUT2D eigenvalue weighted by Gasteiger charge is -1.95. The summed E-state index contributed by atoms with van der Waals surface area (Å²) >= 11 is 4.97. The van der Waals surface area contributed by atoms with Gasteiger partial charge in [0.05, 0.1) is 11.4 Å². The summed E-state index contributed by atoms with van der Waals surface area (Å²) in [5.74, 6) is 0.634. The van der Waals surface area contributed by atoms with Crippen LogP contribution in [0.2, 0.25) is 0 Å². The van der Waals surface area contributed by atoms with Gasteiger partial charge in [0.2, 0.25) is 5.82 Å². The van der Waals surface area contributed by atoms with Gasteiger partial charge in [-0.1, -0.05) is 48.5 Å². The van der Waals surface area contributed by atoms with Gasteiger partial charge in [0.25, 0.3) is 0 Å². The van der Waals surface area contributed by atoms with Gasteiger partial charge >= 0.3 is 0 Å². The Kier molecular flexibility index (Phi) is 5.67. The van der Waals surface area contributed by atoms with E-state index >= 15 is 0 Å². The molecule has 0 unspecified atom stereocenters. The molecule has 0 aliphatic rings. The number of halogens is 1. The van der Waals surface area contributed by atoms with Gasteiger partial charge in [0.1, 0.15) is 0 Å². The van der Waals surface area contributed by atoms with E-state index in [1.165, 1.54) is 9.67 Å². The molecule has 25 heavy (non-hydrogen) atoms. The monoisotopic (exact) mass is 413 g/mol. The molecule has 2 aromatic carbocycles. The first-order valence-corrected chi connectivity index (χ1v) is 9.25. The Morgan fingerprint density at radius 2 is 1.56 bits per heavy atom. The lowest BCUT2D eigenvalue weighted by atomic mass is 10.2. The Bertz CT molecular complexity index is 861. The van der Waals surface area contributed by atoms with Crippen molar-refractivity contribution in [2.75, 3.05) is 0 Å². The van der Waals surface area contributed by atoms with Gasteiger partial charge in [-0.25, -0.2) is 4.98 Å². The molecule has 0 saturated heterocycles. The van der Waals surface area contributed by atoms with Crippen molar-refractivity contribution < 1.29 is 0 Å². The largest absolute Gasteiger partial charge is 0.234 e. The van der Waals surface area contributed by atoms with Crippen molar-refractivity contribution in [3.05, 3.63) is 75.2 Å². The molecule has 0 aliphatic carbocycles. The van der Waals surface area contributed by atoms with Crippen molar-refractivity contribution in [1.29, 1.82) is 0 Å². The Morgan fingerprint density at radius 3 is 2.08 bits per heavy atom. The summed E-state index contributed by atoms with van der Waals surface area (Å²) in [5.41, 5.74) is 3.00. The van der Waals surface area contributed by atoms with Crippen LogP contribution in [0.25, 0.3) is 17.1 Å². The molecule has 0 bridgehead atoms. The zero-order valence-corrected chi connectivity index (χ0v) is 16.2. The summed E-state index contributed by atoms with van der Waals surface area (Å²) in [4.78, 5) is 6.96. The molecule has 2 heterocycles. The molecule has 0 fully saturated rings. The standard InChI is InChI=1S/C13H10N4.C5H6BrNS/c1-3-7-11(8-4-1)13-14-16-17(15-13)12-9-5-2-6-10-12;1-3-4(2)8-5(6)7-3/h1-10H;1-2H3. The molecule has 126 valence electrons. The number of rotatable bonds is 2. The molecule has 7 heteroatoms. The molecule has 4 aromatic rings. The average molecular weight is 414 g/mol. The van der Waals surface area contributed by atoms with E-state index in [2.05, 4.69) is 43.2 Å². The van der Waals surface area contributed by atoms with Crippen molar-refractivity contribution in [3.8, 4) is 17.1 Å². The van der Waals surface area contributed by atoms with Gasteiger partial charge < -0.3 is 0 Å². The van der Waals surface area contributed by atoms with Gasteiger partial charge in [0, 0.05) is 10.4 Å². The fourth-order valence-corrected chi connectivity index (χ4v) is 3.64. The van der Waals surface area contributed by atoms with E-state index in [-0.39, 0.29) is 0 Å². The van der Waals surface area contributed by atoms with Crippen LogP contribution in [0, 0.1) is 13.8 Å². The molecule has 5 nitrogen and oxygen atoms in total. The summed E-state index contributed by atoms with van der Waals surface area (Å²) in [7, 11) is 0. The van der Waals surface area contributed by atoms with E-state index < -0.39 is 0 Å². The van der Waals surface area contributed by atoms with Gasteiger partial charge in [-0.3, -0.25) is 0 Å². The SMILES string of the molecule is Cc1nc(Br)sc1C.c1ccc(-c2nnn(-c3ccccc3)n2)cc1. The fourth-order valence-electron chi connectivity index (χ4n) is 2.02. The third kappa shape index (κ3) is 4.58. The van der Waals surface area contributed by atoms with E-state index in [1.807, 2.05) is 67.6 Å². The quantitative estimate of drug-likeness (QED) is 0.471. The minimum atomic E-state index is 0.634. The van der Waals surface area contributed by atoms with E-state index in [4.69, 9.17) is 0 Å². The first-order chi connectivity index (χ1) is 12.1. The molecular weight excluding hydrogens is 398 g/mol. The number of hydrogen-bond acceptors (Lipinski definition) is 5. The first-order valence-electron chi connectivity index (χ1n) is 7.64. The Hall–Kier alpha value is -2.38. The molecule has 0 amide bonds. The topological polar surface area (TPSA) is 56.5 Å². The molecular formula is C18H16BrN5S. The van der Waals surface area contributed by atoms with Crippen LogP contribution in [0.4, 0.5) is 0 Å². The number of aryl methyl sites for hydroxylation is 2. The molecule has 0 saturated carbocycles. The van der Waals surface area contributed by atoms with Crippen molar-refractivity contribution in [2.24, 2.45) is 0 Å². The molecule has 0 aliphatic heterocycles. The molecule has 2 aromatic heterocycles. The molecule has 0 radical (unpaired) electrons. The van der Waals surface area contributed by atoms with Crippen molar-refractivity contribution in [1.82, 2.24) is 25.2 Å². The van der Waals surface area contributed by atoms with Crippen LogP contribution in [0.3, 0.4) is 0 Å². The number of tetrazole rings is 1. The summed E-state index contributed by atoms with van der Waals surface area (Å²) in [6, 6.07) is 19.5. The highest BCUT2D eigenvalue weighted by Crippen LogP contribution is 2.20. The van der Waals surface area contributed by atoms with Crippen LogP contribution in [-0.2, 0) is 0 Å². The minimum Gasteiger partial charge on any atom is -0.234 e. The maximum atomic E-state index is 4.35. The highest BCUT2D eigenvalue weighted by molar-refractivity contribution is 9.11. The number of aromatic nitrogens is 5. The zero-order chi connectivity index (χ0) is 17.6. The lowest BCUT2D eigenvalue weighted by Crippen LogP contribution is -1.98. The Balaban J connectivity index is 0.000000192. The first kappa shape index (κ1) is 17.4. The second kappa shape index (κ2) is 8.13. The number of thiazole rings is 1. The van der Waals surface area contributed by atoms with Crippen molar-refractivity contribution in [3.63, 3.8) is 0 Å². The fraction of sp³-hybridized carbons (Fsp3) is 0.111. The predicted octanol–water partition coefficient (Wildman–Crippen LogP) is 4.85. The Labute approximate surface area is 158 Å².